The highest BCUT2D eigenvalue weighted by atomic mass is 35.5. The van der Waals surface area contributed by atoms with Gasteiger partial charge < -0.3 is 5.32 Å². The second-order valence-electron chi connectivity index (χ2n) is 4.75. The van der Waals surface area contributed by atoms with Gasteiger partial charge in [-0.3, -0.25) is 9.59 Å². The summed E-state index contributed by atoms with van der Waals surface area (Å²) in [4.78, 5) is 24.1. The molecule has 0 aliphatic heterocycles. The maximum absolute atomic E-state index is 12.7. The molecule has 1 amide bonds. The molecule has 0 atom stereocenters. The third-order valence-electron chi connectivity index (χ3n) is 3.08. The van der Waals surface area contributed by atoms with Crippen molar-refractivity contribution < 1.29 is 14.0 Å². The maximum Gasteiger partial charge on any atom is 0.220 e. The highest BCUT2D eigenvalue weighted by molar-refractivity contribution is 7.18. The minimum atomic E-state index is -0.278. The van der Waals surface area contributed by atoms with Crippen molar-refractivity contribution in [2.75, 3.05) is 6.54 Å². The molecule has 0 radical (unpaired) electrons. The molecule has 1 aromatic carbocycles. The molecule has 0 unspecified atom stereocenters. The molecule has 116 valence electrons. The standard InChI is InChI=1S/C16H15ClFNO2S/c17-15-7-6-14(22-15)13(20)5-8-16(21)19-10-9-11-1-3-12(18)4-2-11/h1-4,6-7H,5,8-10H2,(H,19,21). The lowest BCUT2D eigenvalue weighted by molar-refractivity contribution is -0.121. The van der Waals surface area contributed by atoms with Gasteiger partial charge in [-0.1, -0.05) is 23.7 Å². The normalized spacial score (nSPS) is 10.5. The van der Waals surface area contributed by atoms with Gasteiger partial charge in [0.1, 0.15) is 5.82 Å². The van der Waals surface area contributed by atoms with Gasteiger partial charge in [0.05, 0.1) is 9.21 Å². The molecular weight excluding hydrogens is 325 g/mol. The first-order chi connectivity index (χ1) is 10.5. The Hall–Kier alpha value is -1.72. The van der Waals surface area contributed by atoms with Crippen molar-refractivity contribution in [3.05, 3.63) is 57.0 Å². The number of nitrogens with one attached hydrogen (secondary N) is 1. The largest absolute Gasteiger partial charge is 0.356 e. The molecule has 0 saturated heterocycles. The zero-order chi connectivity index (χ0) is 15.9. The van der Waals surface area contributed by atoms with E-state index in [2.05, 4.69) is 5.32 Å². The SMILES string of the molecule is O=C(CCC(=O)c1ccc(Cl)s1)NCCc1ccc(F)cc1. The van der Waals surface area contributed by atoms with Crippen molar-refractivity contribution in [3.8, 4) is 0 Å². The Kier molecular flexibility index (Phi) is 6.10. The second kappa shape index (κ2) is 8.06. The monoisotopic (exact) mass is 339 g/mol. The summed E-state index contributed by atoms with van der Waals surface area (Å²) < 4.78 is 13.3. The van der Waals surface area contributed by atoms with Gasteiger partial charge in [0.15, 0.2) is 5.78 Å². The smallest absolute Gasteiger partial charge is 0.220 e. The molecule has 0 bridgehead atoms. The lowest BCUT2D eigenvalue weighted by Gasteiger charge is -2.05. The van der Waals surface area contributed by atoms with Crippen LogP contribution >= 0.6 is 22.9 Å². The van der Waals surface area contributed by atoms with Crippen LogP contribution in [-0.4, -0.2) is 18.2 Å². The van der Waals surface area contributed by atoms with Crippen LogP contribution in [0.5, 0.6) is 0 Å². The summed E-state index contributed by atoms with van der Waals surface area (Å²) >= 11 is 6.98. The van der Waals surface area contributed by atoms with Crippen molar-refractivity contribution in [2.45, 2.75) is 19.3 Å². The first-order valence-corrected chi connectivity index (χ1v) is 8.04. The molecule has 0 aliphatic rings. The van der Waals surface area contributed by atoms with Crippen LogP contribution in [0.1, 0.15) is 28.1 Å². The first kappa shape index (κ1) is 16.6. The number of thiophene rings is 1. The zero-order valence-electron chi connectivity index (χ0n) is 11.8. The van der Waals surface area contributed by atoms with Gasteiger partial charge >= 0.3 is 0 Å². The van der Waals surface area contributed by atoms with E-state index in [1.54, 1.807) is 24.3 Å². The van der Waals surface area contributed by atoms with Gasteiger partial charge in [0.25, 0.3) is 0 Å². The number of hydrogen-bond donors (Lipinski definition) is 1. The minimum absolute atomic E-state index is 0.0782. The predicted octanol–water partition coefficient (Wildman–Crippen LogP) is 3.86. The van der Waals surface area contributed by atoms with E-state index in [1.165, 1.54) is 23.5 Å². The van der Waals surface area contributed by atoms with E-state index in [0.29, 0.717) is 22.2 Å². The molecule has 3 nitrogen and oxygen atoms in total. The van der Waals surface area contributed by atoms with Crippen molar-refractivity contribution in [3.63, 3.8) is 0 Å². The van der Waals surface area contributed by atoms with Crippen molar-refractivity contribution in [2.24, 2.45) is 0 Å². The molecule has 1 heterocycles. The summed E-state index contributed by atoms with van der Waals surface area (Å²) in [5.74, 6) is -0.524. The fourth-order valence-electron chi connectivity index (χ4n) is 1.90. The van der Waals surface area contributed by atoms with Crippen LogP contribution in [-0.2, 0) is 11.2 Å². The summed E-state index contributed by atoms with van der Waals surface area (Å²) in [5.41, 5.74) is 0.950. The van der Waals surface area contributed by atoms with E-state index >= 15 is 0 Å². The summed E-state index contributed by atoms with van der Waals surface area (Å²) in [6.07, 6.45) is 0.942. The van der Waals surface area contributed by atoms with E-state index < -0.39 is 0 Å². The van der Waals surface area contributed by atoms with E-state index in [1.807, 2.05) is 0 Å². The van der Waals surface area contributed by atoms with Gasteiger partial charge in [0, 0.05) is 19.4 Å². The van der Waals surface area contributed by atoms with Crippen LogP contribution < -0.4 is 5.32 Å². The Bertz CT molecular complexity index is 654. The minimum Gasteiger partial charge on any atom is -0.356 e. The van der Waals surface area contributed by atoms with Crippen molar-refractivity contribution >= 4 is 34.6 Å². The fourth-order valence-corrected chi connectivity index (χ4v) is 2.91. The van der Waals surface area contributed by atoms with E-state index in [-0.39, 0.29) is 30.3 Å². The number of ketones is 1. The van der Waals surface area contributed by atoms with Gasteiger partial charge in [-0.25, -0.2) is 4.39 Å². The predicted molar refractivity (Wildman–Crippen MR) is 86.0 cm³/mol. The Morgan fingerprint density at radius 1 is 1.09 bits per heavy atom. The van der Waals surface area contributed by atoms with E-state index in [9.17, 15) is 14.0 Å². The number of rotatable bonds is 7. The van der Waals surface area contributed by atoms with Crippen LogP contribution in [0.3, 0.4) is 0 Å². The lowest BCUT2D eigenvalue weighted by atomic mass is 10.1. The van der Waals surface area contributed by atoms with E-state index in [0.717, 1.165) is 5.56 Å². The number of carbonyl (C=O) groups excluding carboxylic acids is 2. The molecule has 1 aromatic heterocycles. The quantitative estimate of drug-likeness (QED) is 0.778. The lowest BCUT2D eigenvalue weighted by Crippen LogP contribution is -2.26. The van der Waals surface area contributed by atoms with Crippen LogP contribution in [0.15, 0.2) is 36.4 Å². The number of hydrogen-bond acceptors (Lipinski definition) is 3. The molecule has 2 rings (SSSR count). The number of carbonyl (C=O) groups is 2. The topological polar surface area (TPSA) is 46.2 Å². The van der Waals surface area contributed by atoms with Crippen LogP contribution in [0.4, 0.5) is 4.39 Å². The molecule has 6 heteroatoms. The Morgan fingerprint density at radius 2 is 1.82 bits per heavy atom. The average molecular weight is 340 g/mol. The summed E-state index contributed by atoms with van der Waals surface area (Å²) in [5, 5.41) is 2.75. The molecule has 1 N–H and O–H groups in total. The van der Waals surface area contributed by atoms with Crippen LogP contribution in [0, 0.1) is 5.82 Å². The average Bonchev–Trinajstić information content (AvgIpc) is 2.93. The number of halogens is 2. The highest BCUT2D eigenvalue weighted by Gasteiger charge is 2.11. The third-order valence-corrected chi connectivity index (χ3v) is 4.35. The Morgan fingerprint density at radius 3 is 2.45 bits per heavy atom. The number of amides is 1. The van der Waals surface area contributed by atoms with Gasteiger partial charge in [-0.05, 0) is 36.2 Å². The van der Waals surface area contributed by atoms with Crippen molar-refractivity contribution in [1.29, 1.82) is 0 Å². The van der Waals surface area contributed by atoms with Gasteiger partial charge in [0.2, 0.25) is 5.91 Å². The summed E-state index contributed by atoms with van der Waals surface area (Å²) in [6, 6.07) is 9.49. The van der Waals surface area contributed by atoms with Gasteiger partial charge in [-0.2, -0.15) is 0 Å². The van der Waals surface area contributed by atoms with Crippen LogP contribution in [0.2, 0.25) is 4.34 Å². The Balaban J connectivity index is 1.67. The van der Waals surface area contributed by atoms with Crippen LogP contribution in [0.25, 0.3) is 0 Å². The number of Topliss-reactive ketones (excluding diaryl/α,β-unsaturated/α-hetero) is 1. The molecule has 0 spiro atoms. The summed E-state index contributed by atoms with van der Waals surface area (Å²) in [6.45, 7) is 0.462. The Labute approximate surface area is 137 Å². The zero-order valence-corrected chi connectivity index (χ0v) is 13.3. The molecule has 2 aromatic rings. The van der Waals surface area contributed by atoms with Gasteiger partial charge in [-0.15, -0.1) is 11.3 Å². The first-order valence-electron chi connectivity index (χ1n) is 6.84. The number of benzene rings is 1. The molecule has 0 saturated carbocycles. The maximum atomic E-state index is 12.7. The van der Waals surface area contributed by atoms with Crippen molar-refractivity contribution in [1.82, 2.24) is 5.32 Å². The molecule has 0 fully saturated rings. The fraction of sp³-hybridized carbons (Fsp3) is 0.250. The van der Waals surface area contributed by atoms with E-state index in [4.69, 9.17) is 11.6 Å². The molecule has 22 heavy (non-hydrogen) atoms. The second-order valence-corrected chi connectivity index (χ2v) is 6.47. The molecule has 0 aliphatic carbocycles. The highest BCUT2D eigenvalue weighted by Crippen LogP contribution is 2.22. The third kappa shape index (κ3) is 5.24. The summed E-state index contributed by atoms with van der Waals surface area (Å²) in [7, 11) is 0. The molecular formula is C16H15ClFNO2S.